The van der Waals surface area contributed by atoms with Gasteiger partial charge in [-0.2, -0.15) is 0 Å². The van der Waals surface area contributed by atoms with E-state index >= 15 is 0 Å². The number of hydrogen-bond donors (Lipinski definition) is 1. The van der Waals surface area contributed by atoms with Crippen LogP contribution in [0.5, 0.6) is 11.5 Å². The molecule has 2 aromatic rings. The molecule has 0 aliphatic carbocycles. The normalized spacial score (nSPS) is 11.1. The van der Waals surface area contributed by atoms with Crippen LogP contribution in [-0.4, -0.2) is 47.4 Å². The zero-order chi connectivity index (χ0) is 22.1. The molecular formula is C20H24Cl2N2O5S. The fourth-order valence-electron chi connectivity index (χ4n) is 2.71. The zero-order valence-electron chi connectivity index (χ0n) is 16.7. The van der Waals surface area contributed by atoms with Gasteiger partial charge in [0.25, 0.3) is 0 Å². The third kappa shape index (κ3) is 6.97. The lowest BCUT2D eigenvalue weighted by atomic mass is 10.2. The first-order valence-corrected chi connectivity index (χ1v) is 11.8. The maximum Gasteiger partial charge on any atom is 0.232 e. The smallest absolute Gasteiger partial charge is 0.232 e. The second-order valence-corrected chi connectivity index (χ2v) is 9.05. The molecule has 0 radical (unpaired) electrons. The van der Waals surface area contributed by atoms with Crippen molar-refractivity contribution in [1.29, 1.82) is 0 Å². The van der Waals surface area contributed by atoms with E-state index < -0.39 is 10.0 Å². The minimum Gasteiger partial charge on any atom is -0.493 e. The van der Waals surface area contributed by atoms with Crippen LogP contribution >= 0.6 is 23.2 Å². The second kappa shape index (κ2) is 11.3. The number of halogens is 2. The fourth-order valence-corrected chi connectivity index (χ4v) is 4.13. The third-order valence-electron chi connectivity index (χ3n) is 4.12. The number of anilines is 1. The Hall–Kier alpha value is -2.16. The van der Waals surface area contributed by atoms with Gasteiger partial charge in [-0.1, -0.05) is 41.4 Å². The van der Waals surface area contributed by atoms with Crippen molar-refractivity contribution in [3.8, 4) is 11.5 Å². The SMILES string of the molecule is COc1ccccc1OCCNC(=O)CCCN(c1cccc(Cl)c1Cl)S(C)(=O)=O. The number of nitrogens with zero attached hydrogens (tertiary/aromatic N) is 1. The summed E-state index contributed by atoms with van der Waals surface area (Å²) in [6, 6.07) is 12.0. The molecule has 2 rings (SSSR count). The highest BCUT2D eigenvalue weighted by atomic mass is 35.5. The minimum absolute atomic E-state index is 0.101. The van der Waals surface area contributed by atoms with Crippen molar-refractivity contribution in [1.82, 2.24) is 5.32 Å². The van der Waals surface area contributed by atoms with Gasteiger partial charge in [-0.25, -0.2) is 8.42 Å². The van der Waals surface area contributed by atoms with E-state index in [2.05, 4.69) is 5.32 Å². The molecule has 1 N–H and O–H groups in total. The van der Waals surface area contributed by atoms with Crippen molar-refractivity contribution in [2.24, 2.45) is 0 Å². The largest absolute Gasteiger partial charge is 0.493 e. The molecule has 0 spiro atoms. The molecule has 0 aromatic heterocycles. The lowest BCUT2D eigenvalue weighted by Gasteiger charge is -2.23. The van der Waals surface area contributed by atoms with E-state index in [1.165, 1.54) is 0 Å². The summed E-state index contributed by atoms with van der Waals surface area (Å²) < 4.78 is 36.3. The fraction of sp³-hybridized carbons (Fsp3) is 0.350. The quantitative estimate of drug-likeness (QED) is 0.501. The highest BCUT2D eigenvalue weighted by molar-refractivity contribution is 7.92. The van der Waals surface area contributed by atoms with Gasteiger partial charge in [0.15, 0.2) is 11.5 Å². The first-order valence-electron chi connectivity index (χ1n) is 9.18. The predicted octanol–water partition coefficient (Wildman–Crippen LogP) is 3.74. The van der Waals surface area contributed by atoms with Crippen LogP contribution < -0.4 is 19.1 Å². The van der Waals surface area contributed by atoms with E-state index in [1.807, 2.05) is 12.1 Å². The lowest BCUT2D eigenvalue weighted by Crippen LogP contribution is -2.33. The Morgan fingerprint density at radius 1 is 1.10 bits per heavy atom. The Kier molecular flexibility index (Phi) is 9.08. The van der Waals surface area contributed by atoms with E-state index in [1.54, 1.807) is 37.4 Å². The van der Waals surface area contributed by atoms with Crippen molar-refractivity contribution in [2.75, 3.05) is 37.4 Å². The van der Waals surface area contributed by atoms with Crippen molar-refractivity contribution in [2.45, 2.75) is 12.8 Å². The number of nitrogens with one attached hydrogen (secondary N) is 1. The van der Waals surface area contributed by atoms with Gasteiger partial charge in [-0.05, 0) is 30.7 Å². The Morgan fingerprint density at radius 3 is 2.47 bits per heavy atom. The molecule has 0 fully saturated rings. The molecule has 0 unspecified atom stereocenters. The van der Waals surface area contributed by atoms with E-state index in [0.29, 0.717) is 24.5 Å². The summed E-state index contributed by atoms with van der Waals surface area (Å²) in [5, 5.41) is 3.16. The summed E-state index contributed by atoms with van der Waals surface area (Å²) in [7, 11) is -2.03. The van der Waals surface area contributed by atoms with Crippen LogP contribution in [0.4, 0.5) is 5.69 Å². The van der Waals surface area contributed by atoms with Gasteiger partial charge in [0.1, 0.15) is 6.61 Å². The maximum atomic E-state index is 12.2. The van der Waals surface area contributed by atoms with E-state index in [-0.39, 0.29) is 41.2 Å². The van der Waals surface area contributed by atoms with Crippen LogP contribution in [0.15, 0.2) is 42.5 Å². The molecule has 1 amide bonds. The number of carbonyl (C=O) groups is 1. The topological polar surface area (TPSA) is 84.9 Å². The second-order valence-electron chi connectivity index (χ2n) is 6.36. The minimum atomic E-state index is -3.59. The number of ether oxygens (including phenoxy) is 2. The van der Waals surface area contributed by atoms with E-state index in [4.69, 9.17) is 32.7 Å². The number of methoxy groups -OCH3 is 1. The molecule has 164 valence electrons. The first kappa shape index (κ1) is 24.1. The average molecular weight is 475 g/mol. The standard InChI is InChI=1S/C20H24Cl2N2O5S/c1-28-17-9-3-4-10-18(17)29-14-12-23-19(25)11-6-13-24(30(2,26)27)16-8-5-7-15(21)20(16)22/h3-5,7-10H,6,11-14H2,1-2H3,(H,23,25). The number of benzene rings is 2. The van der Waals surface area contributed by atoms with Crippen LogP contribution in [0.1, 0.15) is 12.8 Å². The highest BCUT2D eigenvalue weighted by Crippen LogP contribution is 2.33. The molecule has 0 aliphatic rings. The number of rotatable bonds is 11. The van der Waals surface area contributed by atoms with Gasteiger partial charge < -0.3 is 14.8 Å². The Bertz CT molecular complexity index is 969. The van der Waals surface area contributed by atoms with Crippen molar-refractivity contribution in [3.05, 3.63) is 52.5 Å². The molecule has 0 aliphatic heterocycles. The highest BCUT2D eigenvalue weighted by Gasteiger charge is 2.21. The number of sulfonamides is 1. The van der Waals surface area contributed by atoms with Gasteiger partial charge in [-0.3, -0.25) is 9.10 Å². The van der Waals surface area contributed by atoms with E-state index in [0.717, 1.165) is 10.6 Å². The number of para-hydroxylation sites is 2. The molecular weight excluding hydrogens is 451 g/mol. The number of amides is 1. The molecule has 7 nitrogen and oxygen atoms in total. The van der Waals surface area contributed by atoms with Crippen LogP contribution in [0.2, 0.25) is 10.0 Å². The van der Waals surface area contributed by atoms with Crippen LogP contribution in [0, 0.1) is 0 Å². The van der Waals surface area contributed by atoms with E-state index in [9.17, 15) is 13.2 Å². The lowest BCUT2D eigenvalue weighted by molar-refractivity contribution is -0.121. The summed E-state index contributed by atoms with van der Waals surface area (Å²) in [5.41, 5.74) is 0.289. The molecule has 0 heterocycles. The molecule has 2 aromatic carbocycles. The summed E-state index contributed by atoms with van der Waals surface area (Å²) in [4.78, 5) is 12.1. The number of carbonyl (C=O) groups excluding carboxylic acids is 1. The van der Waals surface area contributed by atoms with Crippen LogP contribution in [0.3, 0.4) is 0 Å². The van der Waals surface area contributed by atoms with Gasteiger partial charge in [0.05, 0.1) is 35.6 Å². The van der Waals surface area contributed by atoms with Crippen LogP contribution in [0.25, 0.3) is 0 Å². The molecule has 0 saturated heterocycles. The zero-order valence-corrected chi connectivity index (χ0v) is 19.1. The number of hydrogen-bond acceptors (Lipinski definition) is 5. The van der Waals surface area contributed by atoms with Crippen molar-refractivity contribution in [3.63, 3.8) is 0 Å². The van der Waals surface area contributed by atoms with Crippen molar-refractivity contribution < 1.29 is 22.7 Å². The molecule has 0 saturated carbocycles. The van der Waals surface area contributed by atoms with Crippen molar-refractivity contribution >= 4 is 44.8 Å². The first-order chi connectivity index (χ1) is 14.2. The summed E-state index contributed by atoms with van der Waals surface area (Å²) >= 11 is 12.1. The Balaban J connectivity index is 1.81. The third-order valence-corrected chi connectivity index (χ3v) is 6.11. The summed E-state index contributed by atoms with van der Waals surface area (Å²) in [6.07, 6.45) is 1.55. The van der Waals surface area contributed by atoms with Gasteiger partial charge in [-0.15, -0.1) is 0 Å². The average Bonchev–Trinajstić information content (AvgIpc) is 2.70. The molecule has 30 heavy (non-hydrogen) atoms. The van der Waals surface area contributed by atoms with Gasteiger partial charge in [0.2, 0.25) is 15.9 Å². The molecule has 10 heteroatoms. The van der Waals surface area contributed by atoms with Gasteiger partial charge in [0, 0.05) is 13.0 Å². The Labute approximate surface area is 186 Å². The molecule has 0 atom stereocenters. The predicted molar refractivity (Wildman–Crippen MR) is 119 cm³/mol. The maximum absolute atomic E-state index is 12.2. The van der Waals surface area contributed by atoms with Gasteiger partial charge >= 0.3 is 0 Å². The summed E-state index contributed by atoms with van der Waals surface area (Å²) in [6.45, 7) is 0.691. The summed E-state index contributed by atoms with van der Waals surface area (Å²) in [5.74, 6) is 1.00. The monoisotopic (exact) mass is 474 g/mol. The Morgan fingerprint density at radius 2 is 1.80 bits per heavy atom. The van der Waals surface area contributed by atoms with Crippen LogP contribution in [-0.2, 0) is 14.8 Å². The molecule has 0 bridgehead atoms.